The third-order valence-electron chi connectivity index (χ3n) is 3.04. The lowest BCUT2D eigenvalue weighted by Crippen LogP contribution is -2.40. The molecule has 1 aliphatic rings. The van der Waals surface area contributed by atoms with E-state index in [-0.39, 0.29) is 0 Å². The number of piperidine rings is 1. The lowest BCUT2D eigenvalue weighted by molar-refractivity contribution is 0.376. The Hall–Kier alpha value is -0.830. The standard InChI is InChI=1S/C11H16ClN3/c1-8-4-6-15(9(2)7-8)10-3-5-13-11(12)14-10/h3,5,8-9H,4,6-7H2,1-2H3. The molecular weight excluding hydrogens is 210 g/mol. The minimum atomic E-state index is 0.332. The van der Waals surface area contributed by atoms with Crippen molar-refractivity contribution in [1.82, 2.24) is 9.97 Å². The van der Waals surface area contributed by atoms with Crippen LogP contribution in [0.15, 0.2) is 12.3 Å². The maximum Gasteiger partial charge on any atom is 0.224 e. The highest BCUT2D eigenvalue weighted by atomic mass is 35.5. The highest BCUT2D eigenvalue weighted by Gasteiger charge is 2.23. The molecule has 82 valence electrons. The van der Waals surface area contributed by atoms with Gasteiger partial charge in [-0.15, -0.1) is 0 Å². The van der Waals surface area contributed by atoms with E-state index in [0.29, 0.717) is 11.3 Å². The molecule has 0 amide bonds. The molecule has 0 N–H and O–H groups in total. The van der Waals surface area contributed by atoms with Crippen LogP contribution in [0, 0.1) is 5.92 Å². The summed E-state index contributed by atoms with van der Waals surface area (Å²) in [6.45, 7) is 5.61. The first-order valence-corrected chi connectivity index (χ1v) is 5.80. The Kier molecular flexibility index (Phi) is 3.10. The first-order chi connectivity index (χ1) is 7.16. The normalized spacial score (nSPS) is 26.7. The van der Waals surface area contributed by atoms with E-state index in [1.165, 1.54) is 12.8 Å². The van der Waals surface area contributed by atoms with E-state index in [0.717, 1.165) is 18.3 Å². The van der Waals surface area contributed by atoms with Gasteiger partial charge in [-0.25, -0.2) is 9.97 Å². The van der Waals surface area contributed by atoms with E-state index < -0.39 is 0 Å². The molecule has 0 saturated carbocycles. The molecule has 0 spiro atoms. The van der Waals surface area contributed by atoms with E-state index in [1.807, 2.05) is 6.07 Å². The van der Waals surface area contributed by atoms with Crippen LogP contribution in [-0.2, 0) is 0 Å². The van der Waals surface area contributed by atoms with Gasteiger partial charge in [0.05, 0.1) is 0 Å². The summed E-state index contributed by atoms with van der Waals surface area (Å²) in [4.78, 5) is 10.5. The smallest absolute Gasteiger partial charge is 0.224 e. The molecule has 15 heavy (non-hydrogen) atoms. The fourth-order valence-electron chi connectivity index (χ4n) is 2.23. The summed E-state index contributed by atoms with van der Waals surface area (Å²) in [5.41, 5.74) is 0. The van der Waals surface area contributed by atoms with Gasteiger partial charge in [0.1, 0.15) is 5.82 Å². The molecule has 1 fully saturated rings. The Morgan fingerprint density at radius 3 is 2.93 bits per heavy atom. The van der Waals surface area contributed by atoms with Crippen LogP contribution in [0.2, 0.25) is 5.28 Å². The molecular formula is C11H16ClN3. The highest BCUT2D eigenvalue weighted by Crippen LogP contribution is 2.26. The number of hydrogen-bond acceptors (Lipinski definition) is 3. The van der Waals surface area contributed by atoms with E-state index in [9.17, 15) is 0 Å². The number of rotatable bonds is 1. The van der Waals surface area contributed by atoms with E-state index in [4.69, 9.17) is 11.6 Å². The lowest BCUT2D eigenvalue weighted by atomic mass is 9.93. The fourth-order valence-corrected chi connectivity index (χ4v) is 2.38. The summed E-state index contributed by atoms with van der Waals surface area (Å²) in [5.74, 6) is 1.77. The largest absolute Gasteiger partial charge is 0.354 e. The topological polar surface area (TPSA) is 29.0 Å². The number of anilines is 1. The van der Waals surface area contributed by atoms with Crippen molar-refractivity contribution in [1.29, 1.82) is 0 Å². The minimum absolute atomic E-state index is 0.332. The maximum absolute atomic E-state index is 5.79. The predicted molar refractivity (Wildman–Crippen MR) is 62.2 cm³/mol. The molecule has 2 heterocycles. The third kappa shape index (κ3) is 2.40. The monoisotopic (exact) mass is 225 g/mol. The van der Waals surface area contributed by atoms with Gasteiger partial charge in [0.15, 0.2) is 0 Å². The average Bonchev–Trinajstić information content (AvgIpc) is 2.17. The second-order valence-corrected chi connectivity index (χ2v) is 4.69. The zero-order valence-corrected chi connectivity index (χ0v) is 9.91. The molecule has 2 rings (SSSR count). The van der Waals surface area contributed by atoms with Crippen molar-refractivity contribution in [3.05, 3.63) is 17.5 Å². The second-order valence-electron chi connectivity index (χ2n) is 4.36. The van der Waals surface area contributed by atoms with Crippen LogP contribution in [0.5, 0.6) is 0 Å². The van der Waals surface area contributed by atoms with Crippen LogP contribution in [0.1, 0.15) is 26.7 Å². The van der Waals surface area contributed by atoms with Crippen molar-refractivity contribution in [2.45, 2.75) is 32.7 Å². The molecule has 4 heteroatoms. The Morgan fingerprint density at radius 2 is 2.27 bits per heavy atom. The summed E-state index contributed by atoms with van der Waals surface area (Å²) in [6.07, 6.45) is 4.17. The Balaban J connectivity index is 2.17. The summed E-state index contributed by atoms with van der Waals surface area (Å²) in [6, 6.07) is 2.47. The van der Waals surface area contributed by atoms with Crippen molar-refractivity contribution < 1.29 is 0 Å². The Labute approximate surface area is 95.5 Å². The van der Waals surface area contributed by atoms with Crippen molar-refractivity contribution >= 4 is 17.4 Å². The van der Waals surface area contributed by atoms with Gasteiger partial charge in [-0.05, 0) is 43.4 Å². The van der Waals surface area contributed by atoms with Gasteiger partial charge in [-0.1, -0.05) is 6.92 Å². The van der Waals surface area contributed by atoms with Crippen LogP contribution in [0.25, 0.3) is 0 Å². The van der Waals surface area contributed by atoms with Crippen LogP contribution in [0.3, 0.4) is 0 Å². The van der Waals surface area contributed by atoms with Crippen LogP contribution in [0.4, 0.5) is 5.82 Å². The van der Waals surface area contributed by atoms with Crippen molar-refractivity contribution in [2.24, 2.45) is 5.92 Å². The predicted octanol–water partition coefficient (Wildman–Crippen LogP) is 2.75. The van der Waals surface area contributed by atoms with Crippen molar-refractivity contribution in [3.63, 3.8) is 0 Å². The number of hydrogen-bond donors (Lipinski definition) is 0. The highest BCUT2D eigenvalue weighted by molar-refractivity contribution is 6.28. The molecule has 1 aliphatic heterocycles. The van der Waals surface area contributed by atoms with Gasteiger partial charge in [0, 0.05) is 18.8 Å². The summed E-state index contributed by atoms with van der Waals surface area (Å²) >= 11 is 5.79. The molecule has 0 aromatic carbocycles. The molecule has 0 radical (unpaired) electrons. The SMILES string of the molecule is CC1CCN(c2ccnc(Cl)n2)C(C)C1. The van der Waals surface area contributed by atoms with Crippen LogP contribution in [-0.4, -0.2) is 22.6 Å². The van der Waals surface area contributed by atoms with E-state index in [2.05, 4.69) is 28.7 Å². The molecule has 2 unspecified atom stereocenters. The van der Waals surface area contributed by atoms with Gasteiger partial charge in [0.2, 0.25) is 5.28 Å². The molecule has 1 aromatic heterocycles. The van der Waals surface area contributed by atoms with Gasteiger partial charge in [0.25, 0.3) is 0 Å². The summed E-state index contributed by atoms with van der Waals surface area (Å²) < 4.78 is 0. The maximum atomic E-state index is 5.79. The fraction of sp³-hybridized carbons (Fsp3) is 0.636. The lowest BCUT2D eigenvalue weighted by Gasteiger charge is -2.37. The quantitative estimate of drug-likeness (QED) is 0.689. The average molecular weight is 226 g/mol. The molecule has 1 aromatic rings. The Morgan fingerprint density at radius 1 is 1.47 bits per heavy atom. The first kappa shape index (κ1) is 10.7. The second kappa shape index (κ2) is 4.35. The van der Waals surface area contributed by atoms with Crippen LogP contribution >= 0.6 is 11.6 Å². The summed E-state index contributed by atoms with van der Waals surface area (Å²) in [7, 11) is 0. The molecule has 0 bridgehead atoms. The number of nitrogens with zero attached hydrogens (tertiary/aromatic N) is 3. The first-order valence-electron chi connectivity index (χ1n) is 5.42. The zero-order valence-electron chi connectivity index (χ0n) is 9.15. The van der Waals surface area contributed by atoms with Crippen molar-refractivity contribution in [2.75, 3.05) is 11.4 Å². The van der Waals surface area contributed by atoms with E-state index >= 15 is 0 Å². The molecule has 3 nitrogen and oxygen atoms in total. The van der Waals surface area contributed by atoms with E-state index in [1.54, 1.807) is 6.20 Å². The Bertz CT molecular complexity index is 342. The molecule has 1 saturated heterocycles. The molecule has 2 atom stereocenters. The molecule has 0 aliphatic carbocycles. The van der Waals surface area contributed by atoms with Gasteiger partial charge in [-0.3, -0.25) is 0 Å². The van der Waals surface area contributed by atoms with Gasteiger partial charge in [-0.2, -0.15) is 0 Å². The van der Waals surface area contributed by atoms with Gasteiger partial charge >= 0.3 is 0 Å². The van der Waals surface area contributed by atoms with Crippen LogP contribution < -0.4 is 4.90 Å². The zero-order chi connectivity index (χ0) is 10.8. The number of halogens is 1. The summed E-state index contributed by atoms with van der Waals surface area (Å²) in [5, 5.41) is 0.332. The van der Waals surface area contributed by atoms with Gasteiger partial charge < -0.3 is 4.90 Å². The van der Waals surface area contributed by atoms with Crippen molar-refractivity contribution in [3.8, 4) is 0 Å². The third-order valence-corrected chi connectivity index (χ3v) is 3.23. The minimum Gasteiger partial charge on any atom is -0.354 e. The number of aromatic nitrogens is 2.